The summed E-state index contributed by atoms with van der Waals surface area (Å²) in [6, 6.07) is 34.9. The van der Waals surface area contributed by atoms with Crippen molar-refractivity contribution in [3.63, 3.8) is 0 Å². The van der Waals surface area contributed by atoms with Gasteiger partial charge in [-0.15, -0.1) is 0 Å². The average molecular weight is 798 g/mol. The number of allylic oxidation sites excluding steroid dienone is 2. The molecule has 7 aliphatic rings. The molecule has 0 radical (unpaired) electrons. The number of aryl methyl sites for hydroxylation is 2. The molecule has 5 aromatic rings. The van der Waals surface area contributed by atoms with Crippen LogP contribution in [0.2, 0.25) is 6.32 Å². The minimum atomic E-state index is -0.136. The number of nitrogens with zero attached hydrogens (tertiary/aromatic N) is 1. The largest absolute Gasteiger partial charge is 0.311 e. The van der Waals surface area contributed by atoms with Crippen LogP contribution in [-0.4, -0.2) is 6.71 Å². The highest BCUT2D eigenvalue weighted by Gasteiger charge is 2.53. The van der Waals surface area contributed by atoms with Gasteiger partial charge in [-0.3, -0.25) is 0 Å². The molecule has 0 spiro atoms. The topological polar surface area (TPSA) is 3.24 Å². The molecule has 5 aliphatic carbocycles. The lowest BCUT2D eigenvalue weighted by Crippen LogP contribution is -2.47. The van der Waals surface area contributed by atoms with E-state index in [1.54, 1.807) is 38.8 Å². The van der Waals surface area contributed by atoms with Gasteiger partial charge in [0.25, 0.3) is 0 Å². The van der Waals surface area contributed by atoms with Crippen molar-refractivity contribution < 1.29 is 0 Å². The van der Waals surface area contributed by atoms with Gasteiger partial charge in [-0.1, -0.05) is 147 Å². The summed E-state index contributed by atoms with van der Waals surface area (Å²) in [5.41, 5.74) is 30.7. The maximum Gasteiger partial charge on any atom is 0.211 e. The Morgan fingerprint density at radius 2 is 1.20 bits per heavy atom. The van der Waals surface area contributed by atoms with E-state index in [1.807, 2.05) is 0 Å². The van der Waals surface area contributed by atoms with Gasteiger partial charge in [-0.25, -0.2) is 0 Å². The van der Waals surface area contributed by atoms with Gasteiger partial charge in [0.15, 0.2) is 0 Å². The van der Waals surface area contributed by atoms with Crippen molar-refractivity contribution >= 4 is 34.8 Å². The molecule has 0 unspecified atom stereocenters. The molecule has 0 N–H and O–H groups in total. The van der Waals surface area contributed by atoms with Crippen LogP contribution in [0.1, 0.15) is 175 Å². The molecule has 1 atom stereocenters. The standard InChI is InChI=1S/C59H64BN/c1-34-29-42-38-17-14-18-41-50-37-16-13-12-15-35(37)19-21-39(50)40(51(38)41)23-28-60-52(42)49(30-34)61(36-20-22-44-46(31-36)56(4,5)25-24-55(44,2)3)53-43-32-47-48(33-45(43)59(10,11)54(53)60)58(8,9)27-26-57(47,6)7/h12-18,20,22,29-33,40H,19,21,23-28H2,1-11H3/t40-/m0/s1. The number of hydrogen-bond acceptors (Lipinski definition) is 1. The summed E-state index contributed by atoms with van der Waals surface area (Å²) in [5, 5.41) is 0. The first-order chi connectivity index (χ1) is 28.9. The third-order valence-electron chi connectivity index (χ3n) is 17.9. The summed E-state index contributed by atoms with van der Waals surface area (Å²) < 4.78 is 0. The summed E-state index contributed by atoms with van der Waals surface area (Å²) in [4.78, 5) is 2.80. The van der Waals surface area contributed by atoms with Gasteiger partial charge in [0.05, 0.1) is 0 Å². The second-order valence-electron chi connectivity index (χ2n) is 23.7. The highest BCUT2D eigenvalue weighted by Crippen LogP contribution is 2.61. The average Bonchev–Trinajstić information content (AvgIpc) is 3.66. The van der Waals surface area contributed by atoms with Crippen molar-refractivity contribution in [3.05, 3.63) is 157 Å². The third kappa shape index (κ3) is 5.03. The predicted octanol–water partition coefficient (Wildman–Crippen LogP) is 14.7. The lowest BCUT2D eigenvalue weighted by Gasteiger charge is -2.45. The third-order valence-corrected chi connectivity index (χ3v) is 17.9. The maximum absolute atomic E-state index is 2.80. The summed E-state index contributed by atoms with van der Waals surface area (Å²) >= 11 is 0. The molecule has 2 heteroatoms. The van der Waals surface area contributed by atoms with Crippen LogP contribution in [0.3, 0.4) is 0 Å². The van der Waals surface area contributed by atoms with Crippen LogP contribution in [0, 0.1) is 6.92 Å². The molecule has 61 heavy (non-hydrogen) atoms. The van der Waals surface area contributed by atoms with Gasteiger partial charge in [-0.05, 0) is 176 Å². The number of fused-ring (bicyclic) bond motifs is 10. The number of benzene rings is 5. The van der Waals surface area contributed by atoms with Gasteiger partial charge < -0.3 is 4.90 Å². The second-order valence-corrected chi connectivity index (χ2v) is 23.7. The van der Waals surface area contributed by atoms with Crippen LogP contribution < -0.4 is 10.4 Å². The smallest absolute Gasteiger partial charge is 0.211 e. The summed E-state index contributed by atoms with van der Waals surface area (Å²) in [6.45, 7) is 27.8. The minimum Gasteiger partial charge on any atom is -0.311 e. The fraction of sp³-hybridized carbons (Fsp3) is 0.424. The Hall–Kier alpha value is -4.56. The zero-order valence-corrected chi connectivity index (χ0v) is 38.8. The lowest BCUT2D eigenvalue weighted by molar-refractivity contribution is 0.331. The normalized spacial score (nSPS) is 23.4. The van der Waals surface area contributed by atoms with Gasteiger partial charge >= 0.3 is 0 Å². The fourth-order valence-corrected chi connectivity index (χ4v) is 14.3. The molecule has 12 rings (SSSR count). The monoisotopic (exact) mass is 798 g/mol. The van der Waals surface area contributed by atoms with Crippen molar-refractivity contribution in [1.82, 2.24) is 0 Å². The molecule has 2 aliphatic heterocycles. The summed E-state index contributed by atoms with van der Waals surface area (Å²) in [5.74, 6) is 0.459. The van der Waals surface area contributed by atoms with E-state index >= 15 is 0 Å². The fourth-order valence-electron chi connectivity index (χ4n) is 14.3. The van der Waals surface area contributed by atoms with E-state index in [4.69, 9.17) is 0 Å². The Morgan fingerprint density at radius 3 is 1.93 bits per heavy atom. The first-order valence-electron chi connectivity index (χ1n) is 23.9. The number of rotatable bonds is 1. The highest BCUT2D eigenvalue weighted by atomic mass is 15.2. The van der Waals surface area contributed by atoms with Gasteiger partial charge in [0.2, 0.25) is 6.71 Å². The summed E-state index contributed by atoms with van der Waals surface area (Å²) in [7, 11) is 0. The van der Waals surface area contributed by atoms with Gasteiger partial charge in [-0.2, -0.15) is 0 Å². The van der Waals surface area contributed by atoms with Crippen LogP contribution in [0.5, 0.6) is 0 Å². The van der Waals surface area contributed by atoms with E-state index in [2.05, 4.69) is 166 Å². The Labute approximate surface area is 366 Å². The van der Waals surface area contributed by atoms with E-state index < -0.39 is 0 Å². The SMILES string of the molecule is Cc1cc2c3c(c1)N(c1ccc4c(c1)C(C)(C)CCC4(C)C)C1=C(B3CC[C@H]3C4=C(c5ccccc5CC4)c4cccc-2c43)C(C)(C)c2cc3c(cc21)C(C)(C)CCC3(C)C. The Kier molecular flexibility index (Phi) is 7.58. The van der Waals surface area contributed by atoms with Gasteiger partial charge in [0.1, 0.15) is 0 Å². The minimum absolute atomic E-state index is 0.115. The van der Waals surface area contributed by atoms with Crippen molar-refractivity contribution in [2.24, 2.45) is 0 Å². The van der Waals surface area contributed by atoms with E-state index in [-0.39, 0.29) is 27.1 Å². The van der Waals surface area contributed by atoms with E-state index in [1.165, 1.54) is 111 Å². The lowest BCUT2D eigenvalue weighted by atomic mass is 9.31. The zero-order valence-electron chi connectivity index (χ0n) is 38.8. The second kappa shape index (κ2) is 12.1. The van der Waals surface area contributed by atoms with E-state index in [0.29, 0.717) is 12.6 Å². The van der Waals surface area contributed by atoms with Crippen LogP contribution in [0.4, 0.5) is 11.4 Å². The van der Waals surface area contributed by atoms with Crippen molar-refractivity contribution in [2.45, 2.75) is 160 Å². The predicted molar refractivity (Wildman–Crippen MR) is 260 cm³/mol. The molecule has 0 aromatic heterocycles. The van der Waals surface area contributed by atoms with Crippen molar-refractivity contribution in [1.29, 1.82) is 0 Å². The molecule has 0 fully saturated rings. The van der Waals surface area contributed by atoms with Crippen molar-refractivity contribution in [3.8, 4) is 11.1 Å². The molecular formula is C59H64BN. The quantitative estimate of drug-likeness (QED) is 0.153. The van der Waals surface area contributed by atoms with Crippen molar-refractivity contribution in [2.75, 3.05) is 4.90 Å². The van der Waals surface area contributed by atoms with Gasteiger partial charge in [0, 0.05) is 34.0 Å². The molecule has 0 saturated heterocycles. The number of hydrogen-bond donors (Lipinski definition) is 0. The zero-order chi connectivity index (χ0) is 42.3. The summed E-state index contributed by atoms with van der Waals surface area (Å²) in [6.07, 6.45) is 9.55. The Balaban J connectivity index is 1.16. The van der Waals surface area contributed by atoms with Crippen LogP contribution in [-0.2, 0) is 33.5 Å². The molecule has 0 bridgehead atoms. The molecule has 2 heterocycles. The van der Waals surface area contributed by atoms with Crippen LogP contribution >= 0.6 is 0 Å². The van der Waals surface area contributed by atoms with E-state index in [0.717, 1.165) is 12.7 Å². The molecule has 0 amide bonds. The Bertz CT molecular complexity index is 2870. The molecular weight excluding hydrogens is 733 g/mol. The maximum atomic E-state index is 2.80. The molecule has 308 valence electrons. The molecule has 5 aromatic carbocycles. The molecule has 1 nitrogen and oxygen atoms in total. The highest BCUT2D eigenvalue weighted by molar-refractivity contribution is 6.84. The first kappa shape index (κ1) is 38.1. The molecule has 0 saturated carbocycles. The number of anilines is 2. The first-order valence-corrected chi connectivity index (χ1v) is 23.9. The van der Waals surface area contributed by atoms with Crippen LogP contribution in [0.15, 0.2) is 96.0 Å². The van der Waals surface area contributed by atoms with E-state index in [9.17, 15) is 0 Å². The Morgan fingerprint density at radius 1 is 0.557 bits per heavy atom. The van der Waals surface area contributed by atoms with Crippen LogP contribution in [0.25, 0.3) is 22.4 Å².